The highest BCUT2D eigenvalue weighted by molar-refractivity contribution is 5.90. The molecule has 5 nitrogen and oxygen atoms in total. The number of nitrogens with one attached hydrogen (secondary N) is 2. The average Bonchev–Trinajstić information content (AvgIpc) is 2.55. The lowest BCUT2D eigenvalue weighted by molar-refractivity contribution is -0.136. The van der Waals surface area contributed by atoms with E-state index in [4.69, 9.17) is 4.74 Å². The predicted octanol–water partition coefficient (Wildman–Crippen LogP) is 3.46. The van der Waals surface area contributed by atoms with Gasteiger partial charge in [0, 0.05) is 25.3 Å². The molecule has 0 unspecified atom stereocenters. The van der Waals surface area contributed by atoms with Crippen LogP contribution in [-0.2, 0) is 10.9 Å². The molecule has 2 rings (SSSR count). The van der Waals surface area contributed by atoms with Crippen LogP contribution in [0.5, 0.6) is 0 Å². The molecular formula is C16H22F3N3O2. The fourth-order valence-electron chi connectivity index (χ4n) is 2.44. The Hall–Kier alpha value is -1.96. The summed E-state index contributed by atoms with van der Waals surface area (Å²) in [5, 5.41) is 4.84. The lowest BCUT2D eigenvalue weighted by Gasteiger charge is -2.29. The molecule has 2 amide bonds. The van der Waals surface area contributed by atoms with E-state index in [1.807, 2.05) is 11.8 Å². The van der Waals surface area contributed by atoms with Gasteiger partial charge < -0.3 is 20.3 Å². The maximum absolute atomic E-state index is 13.3. The third-order valence-electron chi connectivity index (χ3n) is 3.75. The molecule has 1 saturated heterocycles. The quantitative estimate of drug-likeness (QED) is 0.804. The van der Waals surface area contributed by atoms with Crippen molar-refractivity contribution in [1.82, 2.24) is 5.32 Å². The molecule has 1 aliphatic heterocycles. The molecule has 0 radical (unpaired) electrons. The van der Waals surface area contributed by atoms with E-state index in [1.54, 1.807) is 6.07 Å². The van der Waals surface area contributed by atoms with Crippen LogP contribution in [0.15, 0.2) is 18.2 Å². The Balaban J connectivity index is 2.16. The number of amides is 2. The second-order valence-electron chi connectivity index (χ2n) is 5.56. The Morgan fingerprint density at radius 3 is 2.62 bits per heavy atom. The normalized spacial score (nSPS) is 15.2. The Labute approximate surface area is 139 Å². The number of hydrogen-bond acceptors (Lipinski definition) is 3. The molecule has 0 saturated carbocycles. The van der Waals surface area contributed by atoms with E-state index in [-0.39, 0.29) is 5.69 Å². The number of halogens is 3. The number of carbonyl (C=O) groups excluding carboxylic acids is 1. The molecule has 0 spiro atoms. The zero-order chi connectivity index (χ0) is 17.6. The zero-order valence-corrected chi connectivity index (χ0v) is 13.6. The van der Waals surface area contributed by atoms with Gasteiger partial charge >= 0.3 is 12.2 Å². The molecule has 134 valence electrons. The lowest BCUT2D eigenvalue weighted by Crippen LogP contribution is -2.36. The summed E-state index contributed by atoms with van der Waals surface area (Å²) in [6.45, 7) is 4.45. The van der Waals surface area contributed by atoms with Gasteiger partial charge in [-0.05, 0) is 24.6 Å². The second-order valence-corrected chi connectivity index (χ2v) is 5.56. The van der Waals surface area contributed by atoms with Crippen LogP contribution in [0.25, 0.3) is 0 Å². The van der Waals surface area contributed by atoms with Crippen molar-refractivity contribution in [3.63, 3.8) is 0 Å². The molecular weight excluding hydrogens is 323 g/mol. The first-order valence-corrected chi connectivity index (χ1v) is 8.00. The Kier molecular flexibility index (Phi) is 6.30. The summed E-state index contributed by atoms with van der Waals surface area (Å²) in [4.78, 5) is 13.6. The van der Waals surface area contributed by atoms with Crippen LogP contribution in [0.3, 0.4) is 0 Å². The maximum atomic E-state index is 13.3. The van der Waals surface area contributed by atoms with Crippen molar-refractivity contribution >= 4 is 17.4 Å². The van der Waals surface area contributed by atoms with Crippen LogP contribution in [0.1, 0.15) is 25.3 Å². The van der Waals surface area contributed by atoms with Gasteiger partial charge in [0.1, 0.15) is 0 Å². The van der Waals surface area contributed by atoms with Crippen molar-refractivity contribution in [2.75, 3.05) is 43.1 Å². The number of urea groups is 1. The van der Waals surface area contributed by atoms with Crippen LogP contribution in [0, 0.1) is 0 Å². The van der Waals surface area contributed by atoms with Gasteiger partial charge in [-0.25, -0.2) is 4.79 Å². The second kappa shape index (κ2) is 8.23. The number of unbranched alkanes of at least 4 members (excludes halogenated alkanes) is 1. The number of hydrogen-bond donors (Lipinski definition) is 2. The number of alkyl halides is 3. The monoisotopic (exact) mass is 345 g/mol. The van der Waals surface area contributed by atoms with Crippen molar-refractivity contribution in [2.24, 2.45) is 0 Å². The van der Waals surface area contributed by atoms with Gasteiger partial charge in [-0.1, -0.05) is 13.3 Å². The fraction of sp³-hybridized carbons (Fsp3) is 0.562. The van der Waals surface area contributed by atoms with Crippen LogP contribution in [0.4, 0.5) is 29.3 Å². The third-order valence-corrected chi connectivity index (χ3v) is 3.75. The van der Waals surface area contributed by atoms with Crippen molar-refractivity contribution in [1.29, 1.82) is 0 Å². The van der Waals surface area contributed by atoms with E-state index in [2.05, 4.69) is 10.6 Å². The summed E-state index contributed by atoms with van der Waals surface area (Å²) in [6, 6.07) is 3.33. The number of morpholine rings is 1. The summed E-state index contributed by atoms with van der Waals surface area (Å²) in [7, 11) is 0. The van der Waals surface area contributed by atoms with E-state index in [1.165, 1.54) is 6.07 Å². The minimum Gasteiger partial charge on any atom is -0.378 e. The molecule has 8 heteroatoms. The van der Waals surface area contributed by atoms with Crippen molar-refractivity contribution < 1.29 is 22.7 Å². The molecule has 0 bridgehead atoms. The van der Waals surface area contributed by atoms with Crippen LogP contribution < -0.4 is 15.5 Å². The van der Waals surface area contributed by atoms with Gasteiger partial charge in [-0.2, -0.15) is 13.2 Å². The predicted molar refractivity (Wildman–Crippen MR) is 86.4 cm³/mol. The van der Waals surface area contributed by atoms with Gasteiger partial charge in [-0.3, -0.25) is 0 Å². The topological polar surface area (TPSA) is 53.6 Å². The van der Waals surface area contributed by atoms with Gasteiger partial charge in [0.05, 0.1) is 24.5 Å². The Morgan fingerprint density at radius 2 is 2.00 bits per heavy atom. The largest absolute Gasteiger partial charge is 0.418 e. The highest BCUT2D eigenvalue weighted by Gasteiger charge is 2.34. The van der Waals surface area contributed by atoms with Crippen LogP contribution in [-0.4, -0.2) is 38.9 Å². The highest BCUT2D eigenvalue weighted by Crippen LogP contribution is 2.37. The van der Waals surface area contributed by atoms with E-state index in [0.717, 1.165) is 18.9 Å². The minimum absolute atomic E-state index is 0.242. The number of anilines is 2. The summed E-state index contributed by atoms with van der Waals surface area (Å²) in [5.74, 6) is 0. The molecule has 1 aromatic carbocycles. The SMILES string of the molecule is CCCCNC(=O)Nc1ccc(N2CCOCC2)cc1C(F)(F)F. The summed E-state index contributed by atoms with van der Waals surface area (Å²) < 4.78 is 45.2. The number of rotatable bonds is 5. The third kappa shape index (κ3) is 5.02. The summed E-state index contributed by atoms with van der Waals surface area (Å²) in [6.07, 6.45) is -2.88. The summed E-state index contributed by atoms with van der Waals surface area (Å²) in [5.41, 5.74) is -0.617. The van der Waals surface area contributed by atoms with E-state index >= 15 is 0 Å². The van der Waals surface area contributed by atoms with Gasteiger partial charge in [0.15, 0.2) is 0 Å². The van der Waals surface area contributed by atoms with Crippen molar-refractivity contribution in [3.8, 4) is 0 Å². The smallest absolute Gasteiger partial charge is 0.378 e. The van der Waals surface area contributed by atoms with Crippen molar-refractivity contribution in [2.45, 2.75) is 25.9 Å². The van der Waals surface area contributed by atoms with Crippen molar-refractivity contribution in [3.05, 3.63) is 23.8 Å². The molecule has 0 aromatic heterocycles. The maximum Gasteiger partial charge on any atom is 0.418 e. The van der Waals surface area contributed by atoms with Gasteiger partial charge in [-0.15, -0.1) is 0 Å². The average molecular weight is 345 g/mol. The molecule has 0 aliphatic carbocycles. The van der Waals surface area contributed by atoms with Crippen LogP contribution >= 0.6 is 0 Å². The zero-order valence-electron chi connectivity index (χ0n) is 13.6. The first-order chi connectivity index (χ1) is 11.4. The lowest BCUT2D eigenvalue weighted by atomic mass is 10.1. The first-order valence-electron chi connectivity index (χ1n) is 8.00. The fourth-order valence-corrected chi connectivity index (χ4v) is 2.44. The van der Waals surface area contributed by atoms with Gasteiger partial charge in [0.25, 0.3) is 0 Å². The van der Waals surface area contributed by atoms with E-state index in [9.17, 15) is 18.0 Å². The minimum atomic E-state index is -4.55. The Morgan fingerprint density at radius 1 is 1.29 bits per heavy atom. The molecule has 1 aliphatic rings. The first kappa shape index (κ1) is 18.4. The number of nitrogens with zero attached hydrogens (tertiary/aromatic N) is 1. The van der Waals surface area contributed by atoms with E-state index in [0.29, 0.717) is 38.5 Å². The molecule has 1 fully saturated rings. The summed E-state index contributed by atoms with van der Waals surface area (Å²) >= 11 is 0. The highest BCUT2D eigenvalue weighted by atomic mass is 19.4. The number of benzene rings is 1. The number of carbonyl (C=O) groups is 1. The molecule has 1 aromatic rings. The van der Waals surface area contributed by atoms with E-state index < -0.39 is 17.8 Å². The number of ether oxygens (including phenoxy) is 1. The standard InChI is InChI=1S/C16H22F3N3O2/c1-2-3-6-20-15(23)21-14-5-4-12(11-13(14)16(17,18)19)22-7-9-24-10-8-22/h4-5,11H,2-3,6-10H2,1H3,(H2,20,21,23). The Bertz CT molecular complexity index is 558. The van der Waals surface area contributed by atoms with Crippen LogP contribution in [0.2, 0.25) is 0 Å². The molecule has 1 heterocycles. The van der Waals surface area contributed by atoms with Gasteiger partial charge in [0.2, 0.25) is 0 Å². The molecule has 2 N–H and O–H groups in total. The molecule has 24 heavy (non-hydrogen) atoms. The molecule has 0 atom stereocenters.